The van der Waals surface area contributed by atoms with Crippen molar-refractivity contribution in [1.29, 1.82) is 0 Å². The molecule has 0 radical (unpaired) electrons. The maximum Gasteiger partial charge on any atom is 1.00 e. The Kier molecular flexibility index (Phi) is 5.40. The number of aromatic carboxylic acids is 1. The van der Waals surface area contributed by atoms with Gasteiger partial charge in [0.05, 0.1) is 12.0 Å². The van der Waals surface area contributed by atoms with Crippen molar-refractivity contribution in [2.75, 3.05) is 18.0 Å². The molecule has 3 rings (SSSR count). The first-order valence-corrected chi connectivity index (χ1v) is 7.93. The van der Waals surface area contributed by atoms with Gasteiger partial charge in [0.25, 0.3) is 0 Å². The van der Waals surface area contributed by atoms with Crippen molar-refractivity contribution >= 4 is 17.7 Å². The van der Waals surface area contributed by atoms with Gasteiger partial charge in [0.2, 0.25) is 0 Å². The van der Waals surface area contributed by atoms with Crippen LogP contribution in [0, 0.1) is 5.82 Å². The number of carboxylic acid groups (broad SMARTS) is 1. The van der Waals surface area contributed by atoms with E-state index in [1.54, 1.807) is 11.0 Å². The Labute approximate surface area is 158 Å². The number of amides is 1. The third-order valence-electron chi connectivity index (χ3n) is 4.37. The summed E-state index contributed by atoms with van der Waals surface area (Å²) in [5, 5.41) is 10.8. The number of likely N-dealkylation sites (tertiary alicyclic amines) is 1. The van der Waals surface area contributed by atoms with Crippen LogP contribution in [0.25, 0.3) is 0 Å². The first-order chi connectivity index (χ1) is 11.2. The number of halogens is 1. The Balaban J connectivity index is 0.00000225. The van der Waals surface area contributed by atoms with Gasteiger partial charge < -0.3 is 24.4 Å². The topological polar surface area (TPSA) is 72.9 Å². The summed E-state index contributed by atoms with van der Waals surface area (Å²) < 4.78 is 19.3. The smallest absolute Gasteiger partial charge is 0.545 e. The second-order valence-corrected chi connectivity index (χ2v) is 7.28. The quantitative estimate of drug-likeness (QED) is 0.605. The van der Waals surface area contributed by atoms with Gasteiger partial charge in [-0.15, -0.1) is 0 Å². The van der Waals surface area contributed by atoms with E-state index in [1.807, 2.05) is 25.7 Å². The van der Waals surface area contributed by atoms with E-state index in [-0.39, 0.29) is 37.0 Å². The van der Waals surface area contributed by atoms with Gasteiger partial charge in [0, 0.05) is 30.4 Å². The number of anilines is 1. The van der Waals surface area contributed by atoms with E-state index in [2.05, 4.69) is 0 Å². The van der Waals surface area contributed by atoms with Crippen LogP contribution in [0.3, 0.4) is 0 Å². The van der Waals surface area contributed by atoms with Gasteiger partial charge in [-0.1, -0.05) is 0 Å². The molecule has 2 heterocycles. The monoisotopic (exact) mass is 342 g/mol. The molecule has 0 N–H and O–H groups in total. The number of piperazine rings is 1. The van der Waals surface area contributed by atoms with Crippen molar-refractivity contribution in [2.24, 2.45) is 0 Å². The average Bonchev–Trinajstić information content (AvgIpc) is 3.04. The minimum Gasteiger partial charge on any atom is -0.545 e. The maximum atomic E-state index is 13.9. The number of hydrogen-bond acceptors (Lipinski definition) is 5. The molecule has 0 spiro atoms. The van der Waals surface area contributed by atoms with E-state index >= 15 is 0 Å². The molecule has 1 amide bonds. The van der Waals surface area contributed by atoms with Crippen LogP contribution in [0.4, 0.5) is 14.9 Å². The molecule has 0 saturated carbocycles. The number of hydrogen-bond donors (Lipinski definition) is 0. The van der Waals surface area contributed by atoms with Crippen LogP contribution in [-0.2, 0) is 4.74 Å². The number of ether oxygens (including phenoxy) is 1. The molecule has 2 saturated heterocycles. The number of nitrogens with zero attached hydrogens (tertiary/aromatic N) is 2. The van der Waals surface area contributed by atoms with Crippen LogP contribution in [0.5, 0.6) is 0 Å². The summed E-state index contributed by atoms with van der Waals surface area (Å²) >= 11 is 0. The summed E-state index contributed by atoms with van der Waals surface area (Å²) in [6.45, 7) is 6.57. The molecular formula is C17H20FLiN2O4. The van der Waals surface area contributed by atoms with Gasteiger partial charge in [-0.05, 0) is 45.4 Å². The SMILES string of the molecule is CC(C)(C)OC(=O)N1C[C@@H]2C[C@H]1CN2c1ccc(C(=O)[O-])c(F)c1.[Li+]. The van der Waals surface area contributed by atoms with E-state index < -0.39 is 23.0 Å². The second-order valence-electron chi connectivity index (χ2n) is 7.28. The van der Waals surface area contributed by atoms with Crippen molar-refractivity contribution in [2.45, 2.75) is 44.9 Å². The summed E-state index contributed by atoms with van der Waals surface area (Å²) in [6.07, 6.45) is 0.469. The Morgan fingerprint density at radius 3 is 2.40 bits per heavy atom. The van der Waals surface area contributed by atoms with Gasteiger partial charge in [-0.25, -0.2) is 9.18 Å². The third kappa shape index (κ3) is 3.93. The molecule has 1 aromatic carbocycles. The molecule has 0 aromatic heterocycles. The molecule has 2 atom stereocenters. The van der Waals surface area contributed by atoms with Crippen molar-refractivity contribution in [3.63, 3.8) is 0 Å². The zero-order chi connectivity index (χ0) is 17.6. The molecule has 2 fully saturated rings. The number of carboxylic acids is 1. The summed E-state index contributed by atoms with van der Waals surface area (Å²) in [5.41, 5.74) is -0.366. The van der Waals surface area contributed by atoms with Crippen LogP contribution in [0.15, 0.2) is 18.2 Å². The van der Waals surface area contributed by atoms with Crippen LogP contribution in [0.2, 0.25) is 0 Å². The Morgan fingerprint density at radius 1 is 1.24 bits per heavy atom. The van der Waals surface area contributed by atoms with E-state index in [4.69, 9.17) is 4.74 Å². The standard InChI is InChI=1S/C17H21FN2O4.Li/c1-17(2,3)24-16(23)20-9-11-6-12(20)8-19(11)10-4-5-13(15(21)22)14(18)7-10;/h4-5,7,11-12H,6,8-9H2,1-3H3,(H,21,22);/q;+1/p-1/t11-,12-;/m0./s1. The fraction of sp³-hybridized carbons (Fsp3) is 0.529. The first-order valence-electron chi connectivity index (χ1n) is 7.93. The predicted octanol–water partition coefficient (Wildman–Crippen LogP) is -1.61. The molecule has 25 heavy (non-hydrogen) atoms. The minimum atomic E-state index is -1.53. The van der Waals surface area contributed by atoms with Gasteiger partial charge in [-0.3, -0.25) is 0 Å². The number of benzene rings is 1. The number of rotatable bonds is 2. The van der Waals surface area contributed by atoms with E-state index in [9.17, 15) is 19.1 Å². The molecule has 0 aliphatic carbocycles. The zero-order valence-corrected chi connectivity index (χ0v) is 14.9. The van der Waals surface area contributed by atoms with E-state index in [0.717, 1.165) is 6.42 Å². The van der Waals surface area contributed by atoms with Gasteiger partial charge in [-0.2, -0.15) is 0 Å². The van der Waals surface area contributed by atoms with Crippen LogP contribution >= 0.6 is 0 Å². The molecule has 2 bridgehead atoms. The van der Waals surface area contributed by atoms with Crippen molar-refractivity contribution in [3.05, 3.63) is 29.6 Å². The summed E-state index contributed by atoms with van der Waals surface area (Å²) in [5.74, 6) is -2.34. The number of fused-ring (bicyclic) bond motifs is 2. The van der Waals surface area contributed by atoms with Crippen molar-refractivity contribution in [1.82, 2.24) is 4.90 Å². The Bertz CT molecular complexity index is 692. The Morgan fingerprint density at radius 2 is 1.92 bits per heavy atom. The van der Waals surface area contributed by atoms with Crippen molar-refractivity contribution in [3.8, 4) is 0 Å². The molecule has 130 valence electrons. The average molecular weight is 342 g/mol. The summed E-state index contributed by atoms with van der Waals surface area (Å²) in [6, 6.07) is 4.11. The first kappa shape index (κ1) is 19.6. The van der Waals surface area contributed by atoms with Gasteiger partial charge in [0.15, 0.2) is 0 Å². The van der Waals surface area contributed by atoms with Crippen LogP contribution < -0.4 is 28.9 Å². The number of carbonyl (C=O) groups is 2. The largest absolute Gasteiger partial charge is 1.00 e. The summed E-state index contributed by atoms with van der Waals surface area (Å²) in [7, 11) is 0. The molecule has 0 unspecified atom stereocenters. The van der Waals surface area contributed by atoms with Gasteiger partial charge >= 0.3 is 25.0 Å². The fourth-order valence-corrected chi connectivity index (χ4v) is 3.38. The van der Waals surface area contributed by atoms with Gasteiger partial charge in [0.1, 0.15) is 11.4 Å². The normalized spacial score (nSPS) is 21.9. The fourth-order valence-electron chi connectivity index (χ4n) is 3.38. The molecule has 1 aromatic rings. The Hall–Kier alpha value is -1.71. The predicted molar refractivity (Wildman–Crippen MR) is 83.2 cm³/mol. The molecular weight excluding hydrogens is 322 g/mol. The second kappa shape index (κ2) is 6.89. The van der Waals surface area contributed by atoms with Crippen LogP contribution in [0.1, 0.15) is 37.6 Å². The zero-order valence-electron chi connectivity index (χ0n) is 14.9. The molecule has 6 nitrogen and oxygen atoms in total. The maximum absolute atomic E-state index is 13.9. The molecule has 2 aliphatic heterocycles. The van der Waals surface area contributed by atoms with Crippen LogP contribution in [-0.4, -0.2) is 47.7 Å². The van der Waals surface area contributed by atoms with E-state index in [1.165, 1.54) is 12.1 Å². The van der Waals surface area contributed by atoms with Crippen molar-refractivity contribution < 1.29 is 42.7 Å². The molecule has 8 heteroatoms. The number of carbonyl (C=O) groups excluding carboxylic acids is 2. The minimum absolute atomic E-state index is 0. The summed E-state index contributed by atoms with van der Waals surface area (Å²) in [4.78, 5) is 26.7. The molecule has 2 aliphatic rings. The third-order valence-corrected chi connectivity index (χ3v) is 4.37. The van der Waals surface area contributed by atoms with E-state index in [0.29, 0.717) is 18.8 Å².